The number of hydrogen-bond acceptors (Lipinski definition) is 6. The van der Waals surface area contributed by atoms with E-state index in [9.17, 15) is 9.90 Å². The van der Waals surface area contributed by atoms with E-state index in [-0.39, 0.29) is 0 Å². The first-order chi connectivity index (χ1) is 9.63. The zero-order valence-corrected chi connectivity index (χ0v) is 11.9. The molecular weight excluding hydrogens is 278 g/mol. The molecule has 0 saturated heterocycles. The molecule has 0 aromatic carbocycles. The highest BCUT2D eigenvalue weighted by molar-refractivity contribution is 7.15. The summed E-state index contributed by atoms with van der Waals surface area (Å²) in [5, 5.41) is 17.3. The Labute approximate surface area is 119 Å². The van der Waals surface area contributed by atoms with Crippen molar-refractivity contribution in [3.63, 3.8) is 0 Å². The summed E-state index contributed by atoms with van der Waals surface area (Å²) in [6.45, 7) is 0.491. The molecule has 1 aliphatic carbocycles. The number of anilines is 1. The van der Waals surface area contributed by atoms with Crippen molar-refractivity contribution >= 4 is 22.4 Å². The van der Waals surface area contributed by atoms with Crippen molar-refractivity contribution in [3.8, 4) is 0 Å². The van der Waals surface area contributed by atoms with Gasteiger partial charge in [0, 0.05) is 11.9 Å². The molecule has 1 unspecified atom stereocenters. The lowest BCUT2D eigenvalue weighted by Crippen LogP contribution is -2.17. The third kappa shape index (κ3) is 2.51. The molecule has 2 N–H and O–H groups in total. The van der Waals surface area contributed by atoms with Gasteiger partial charge in [-0.25, -0.2) is 9.97 Å². The van der Waals surface area contributed by atoms with Crippen molar-refractivity contribution in [2.45, 2.75) is 31.7 Å². The van der Waals surface area contributed by atoms with Gasteiger partial charge in [-0.3, -0.25) is 9.48 Å². The van der Waals surface area contributed by atoms with Gasteiger partial charge in [0.05, 0.1) is 12.2 Å². The van der Waals surface area contributed by atoms with Crippen LogP contribution in [0.3, 0.4) is 0 Å². The number of hydrogen-bond donors (Lipinski definition) is 2. The van der Waals surface area contributed by atoms with Crippen molar-refractivity contribution in [2.75, 3.05) is 5.32 Å². The lowest BCUT2D eigenvalue weighted by Gasteiger charge is -2.16. The number of thiazole rings is 1. The van der Waals surface area contributed by atoms with E-state index in [1.807, 2.05) is 7.05 Å². The molecule has 0 bridgehead atoms. The molecule has 0 spiro atoms. The quantitative estimate of drug-likeness (QED) is 0.885. The van der Waals surface area contributed by atoms with Gasteiger partial charge in [0.2, 0.25) is 0 Å². The molecule has 3 rings (SSSR count). The average Bonchev–Trinajstić information content (AvgIpc) is 3.01. The van der Waals surface area contributed by atoms with Gasteiger partial charge in [0.15, 0.2) is 11.0 Å². The van der Waals surface area contributed by atoms with Gasteiger partial charge < -0.3 is 10.4 Å². The SMILES string of the molecule is Cn1cnc(CNc2nc3c(s2)CCCC3C(=O)O)n1. The summed E-state index contributed by atoms with van der Waals surface area (Å²) in [6.07, 6.45) is 4.14. The fourth-order valence-electron chi connectivity index (χ4n) is 2.35. The number of carboxylic acid groups (broad SMARTS) is 1. The molecule has 2 aromatic rings. The monoisotopic (exact) mass is 293 g/mol. The smallest absolute Gasteiger partial charge is 0.312 e. The fraction of sp³-hybridized carbons (Fsp3) is 0.500. The van der Waals surface area contributed by atoms with Crippen molar-refractivity contribution in [2.24, 2.45) is 7.05 Å². The van der Waals surface area contributed by atoms with Crippen molar-refractivity contribution in [1.82, 2.24) is 19.7 Å². The number of aromatic nitrogens is 4. The van der Waals surface area contributed by atoms with Gasteiger partial charge in [0.1, 0.15) is 12.2 Å². The molecule has 1 atom stereocenters. The summed E-state index contributed by atoms with van der Waals surface area (Å²) in [5.41, 5.74) is 0.727. The highest BCUT2D eigenvalue weighted by atomic mass is 32.1. The minimum Gasteiger partial charge on any atom is -0.481 e. The van der Waals surface area contributed by atoms with Crippen molar-refractivity contribution < 1.29 is 9.90 Å². The lowest BCUT2D eigenvalue weighted by atomic mass is 9.91. The first-order valence-electron chi connectivity index (χ1n) is 6.44. The molecule has 0 radical (unpaired) electrons. The van der Waals surface area contributed by atoms with E-state index in [2.05, 4.69) is 20.4 Å². The maximum Gasteiger partial charge on any atom is 0.312 e. The maximum atomic E-state index is 11.2. The Hall–Kier alpha value is -1.96. The molecule has 1 aliphatic rings. The molecule has 0 amide bonds. The van der Waals surface area contributed by atoms with Crippen LogP contribution in [0.2, 0.25) is 0 Å². The minimum atomic E-state index is -0.783. The summed E-state index contributed by atoms with van der Waals surface area (Å²) in [4.78, 5) is 20.9. The van der Waals surface area contributed by atoms with Crippen molar-refractivity contribution in [3.05, 3.63) is 22.7 Å². The fourth-order valence-corrected chi connectivity index (χ4v) is 3.41. The molecule has 0 saturated carbocycles. The molecule has 8 heteroatoms. The van der Waals surface area contributed by atoms with Crippen LogP contribution in [-0.2, 0) is 24.8 Å². The number of nitrogens with zero attached hydrogens (tertiary/aromatic N) is 4. The number of carbonyl (C=O) groups is 1. The summed E-state index contributed by atoms with van der Waals surface area (Å²) in [7, 11) is 1.82. The second-order valence-electron chi connectivity index (χ2n) is 4.80. The van der Waals surface area contributed by atoms with Crippen LogP contribution in [0.1, 0.15) is 35.2 Å². The van der Waals surface area contributed by atoms with E-state index < -0.39 is 11.9 Å². The van der Waals surface area contributed by atoms with Crippen LogP contribution >= 0.6 is 11.3 Å². The van der Waals surface area contributed by atoms with Crippen LogP contribution in [0.25, 0.3) is 0 Å². The van der Waals surface area contributed by atoms with Gasteiger partial charge >= 0.3 is 5.97 Å². The molecule has 2 aromatic heterocycles. The summed E-state index contributed by atoms with van der Waals surface area (Å²) in [6, 6.07) is 0. The van der Waals surface area contributed by atoms with Gasteiger partial charge in [-0.05, 0) is 19.3 Å². The van der Waals surface area contributed by atoms with E-state index >= 15 is 0 Å². The molecule has 0 fully saturated rings. The number of nitrogens with one attached hydrogen (secondary N) is 1. The maximum absolute atomic E-state index is 11.2. The third-order valence-corrected chi connectivity index (χ3v) is 4.39. The highest BCUT2D eigenvalue weighted by Crippen LogP contribution is 2.36. The Balaban J connectivity index is 1.74. The number of carboxylic acids is 1. The minimum absolute atomic E-state index is 0.460. The first-order valence-corrected chi connectivity index (χ1v) is 7.26. The van der Waals surface area contributed by atoms with Gasteiger partial charge in [-0.15, -0.1) is 11.3 Å². The summed E-state index contributed by atoms with van der Waals surface area (Å²) < 4.78 is 1.64. The number of rotatable bonds is 4. The molecule has 0 aliphatic heterocycles. The van der Waals surface area contributed by atoms with Crippen molar-refractivity contribution in [1.29, 1.82) is 0 Å². The van der Waals surface area contributed by atoms with E-state index in [1.165, 1.54) is 11.3 Å². The van der Waals surface area contributed by atoms with Crippen LogP contribution in [0.4, 0.5) is 5.13 Å². The number of fused-ring (bicyclic) bond motifs is 1. The van der Waals surface area contributed by atoms with E-state index in [1.54, 1.807) is 11.0 Å². The van der Waals surface area contributed by atoms with Gasteiger partial charge in [0.25, 0.3) is 0 Å². The molecular formula is C12H15N5O2S. The first kappa shape index (κ1) is 13.0. The van der Waals surface area contributed by atoms with E-state index in [4.69, 9.17) is 0 Å². The lowest BCUT2D eigenvalue weighted by molar-refractivity contribution is -0.139. The Morgan fingerprint density at radius 2 is 2.50 bits per heavy atom. The Kier molecular flexibility index (Phi) is 3.39. The van der Waals surface area contributed by atoms with Crippen LogP contribution in [-0.4, -0.2) is 30.8 Å². The predicted octanol–water partition coefficient (Wildman–Crippen LogP) is 1.39. The van der Waals surface area contributed by atoms with Gasteiger partial charge in [-0.1, -0.05) is 0 Å². The normalized spacial score (nSPS) is 17.8. The Bertz CT molecular complexity index is 636. The molecule has 20 heavy (non-hydrogen) atoms. The zero-order chi connectivity index (χ0) is 14.1. The molecule has 2 heterocycles. The topological polar surface area (TPSA) is 92.9 Å². The van der Waals surface area contributed by atoms with E-state index in [0.717, 1.165) is 28.5 Å². The largest absolute Gasteiger partial charge is 0.481 e. The number of aliphatic carboxylic acids is 1. The number of aryl methyl sites for hydroxylation is 2. The predicted molar refractivity (Wildman–Crippen MR) is 73.8 cm³/mol. The second kappa shape index (κ2) is 5.20. The zero-order valence-electron chi connectivity index (χ0n) is 11.0. The summed E-state index contributed by atoms with van der Waals surface area (Å²) >= 11 is 1.53. The van der Waals surface area contributed by atoms with E-state index in [0.29, 0.717) is 18.8 Å². The van der Waals surface area contributed by atoms with Gasteiger partial charge in [-0.2, -0.15) is 5.10 Å². The van der Waals surface area contributed by atoms with Crippen LogP contribution < -0.4 is 5.32 Å². The third-order valence-electron chi connectivity index (χ3n) is 3.30. The molecule has 7 nitrogen and oxygen atoms in total. The summed E-state index contributed by atoms with van der Waals surface area (Å²) in [5.74, 6) is -0.553. The Morgan fingerprint density at radius 1 is 1.65 bits per heavy atom. The Morgan fingerprint density at radius 3 is 3.20 bits per heavy atom. The van der Waals surface area contributed by atoms with Crippen LogP contribution in [0.5, 0.6) is 0 Å². The average molecular weight is 293 g/mol. The molecule has 106 valence electrons. The standard InChI is InChI=1S/C12H15N5O2S/c1-17-6-14-9(16-17)5-13-12-15-10-7(11(18)19)3-2-4-8(10)20-12/h6-7H,2-5H2,1H3,(H,13,15)(H,18,19). The van der Waals surface area contributed by atoms with Crippen LogP contribution in [0, 0.1) is 0 Å². The highest BCUT2D eigenvalue weighted by Gasteiger charge is 2.29. The second-order valence-corrected chi connectivity index (χ2v) is 5.88. The van der Waals surface area contributed by atoms with Crippen LogP contribution in [0.15, 0.2) is 6.33 Å².